The van der Waals surface area contributed by atoms with E-state index in [2.05, 4.69) is 24.8 Å². The zero-order valence-electron chi connectivity index (χ0n) is 8.66. The van der Waals surface area contributed by atoms with Crippen LogP contribution in [0.1, 0.15) is 11.1 Å². The molecule has 1 aromatic carbocycles. The number of benzene rings is 1. The first-order chi connectivity index (χ1) is 6.67. The van der Waals surface area contributed by atoms with Crippen molar-refractivity contribution in [2.75, 3.05) is 12.9 Å². The Bertz CT molecular complexity index is 301. The standard InChI is InChI=1S/C11H17NOS/c1-8-5-9(6-10(12)7-14)3-4-11(8)13-2/h3-5,10,14H,6-7,12H2,1-2H3/t10-/m0/s1. The van der Waals surface area contributed by atoms with Gasteiger partial charge in [-0.1, -0.05) is 12.1 Å². The monoisotopic (exact) mass is 211 g/mol. The molecular weight excluding hydrogens is 194 g/mol. The first-order valence-corrected chi connectivity index (χ1v) is 5.30. The van der Waals surface area contributed by atoms with Crippen molar-refractivity contribution in [1.82, 2.24) is 0 Å². The third-order valence-electron chi connectivity index (χ3n) is 2.19. The van der Waals surface area contributed by atoms with Crippen molar-refractivity contribution >= 4 is 12.6 Å². The smallest absolute Gasteiger partial charge is 0.121 e. The molecule has 0 heterocycles. The number of rotatable bonds is 4. The van der Waals surface area contributed by atoms with Gasteiger partial charge >= 0.3 is 0 Å². The molecule has 0 radical (unpaired) electrons. The summed E-state index contributed by atoms with van der Waals surface area (Å²) in [6, 6.07) is 6.28. The number of methoxy groups -OCH3 is 1. The van der Waals surface area contributed by atoms with E-state index in [1.807, 2.05) is 13.0 Å². The number of hydrogen-bond acceptors (Lipinski definition) is 3. The number of ether oxygens (including phenoxy) is 1. The van der Waals surface area contributed by atoms with Crippen LogP contribution < -0.4 is 10.5 Å². The van der Waals surface area contributed by atoms with Gasteiger partial charge in [-0.25, -0.2) is 0 Å². The Kier molecular flexibility index (Phi) is 4.29. The highest BCUT2D eigenvalue weighted by Crippen LogP contribution is 2.19. The zero-order chi connectivity index (χ0) is 10.6. The molecule has 1 rings (SSSR count). The lowest BCUT2D eigenvalue weighted by Crippen LogP contribution is -2.24. The maximum Gasteiger partial charge on any atom is 0.121 e. The molecule has 0 saturated carbocycles. The first-order valence-electron chi connectivity index (χ1n) is 4.67. The SMILES string of the molecule is COc1ccc(C[C@H](N)CS)cc1C. The van der Waals surface area contributed by atoms with Crippen molar-refractivity contribution in [3.63, 3.8) is 0 Å². The average molecular weight is 211 g/mol. The van der Waals surface area contributed by atoms with Crippen LogP contribution in [0.15, 0.2) is 18.2 Å². The van der Waals surface area contributed by atoms with E-state index < -0.39 is 0 Å². The first kappa shape index (κ1) is 11.4. The molecule has 0 aliphatic carbocycles. The molecule has 0 spiro atoms. The quantitative estimate of drug-likeness (QED) is 0.745. The molecule has 0 aliphatic rings. The third kappa shape index (κ3) is 2.93. The second-order valence-electron chi connectivity index (χ2n) is 3.45. The molecule has 14 heavy (non-hydrogen) atoms. The molecule has 1 atom stereocenters. The van der Waals surface area contributed by atoms with Crippen LogP contribution in [0.5, 0.6) is 5.75 Å². The van der Waals surface area contributed by atoms with Gasteiger partial charge in [-0.3, -0.25) is 0 Å². The number of nitrogens with two attached hydrogens (primary N) is 1. The zero-order valence-corrected chi connectivity index (χ0v) is 9.55. The van der Waals surface area contributed by atoms with E-state index in [1.54, 1.807) is 7.11 Å². The fourth-order valence-electron chi connectivity index (χ4n) is 1.43. The van der Waals surface area contributed by atoms with Crippen LogP contribution in [0.2, 0.25) is 0 Å². The summed E-state index contributed by atoms with van der Waals surface area (Å²) < 4.78 is 5.18. The van der Waals surface area contributed by atoms with Gasteiger partial charge in [0.2, 0.25) is 0 Å². The van der Waals surface area contributed by atoms with Crippen molar-refractivity contribution < 1.29 is 4.74 Å². The summed E-state index contributed by atoms with van der Waals surface area (Å²) in [6.45, 7) is 2.04. The van der Waals surface area contributed by atoms with Gasteiger partial charge in [-0.2, -0.15) is 12.6 Å². The van der Waals surface area contributed by atoms with E-state index in [1.165, 1.54) is 5.56 Å². The topological polar surface area (TPSA) is 35.2 Å². The highest BCUT2D eigenvalue weighted by Gasteiger charge is 2.04. The van der Waals surface area contributed by atoms with E-state index in [9.17, 15) is 0 Å². The Morgan fingerprint density at radius 1 is 1.50 bits per heavy atom. The molecule has 1 aromatic rings. The minimum atomic E-state index is 0.131. The lowest BCUT2D eigenvalue weighted by molar-refractivity contribution is 0.411. The summed E-state index contributed by atoms with van der Waals surface area (Å²) in [7, 11) is 1.68. The average Bonchev–Trinajstić information content (AvgIpc) is 2.18. The minimum Gasteiger partial charge on any atom is -0.496 e. The maximum atomic E-state index is 5.82. The normalized spacial score (nSPS) is 12.6. The molecule has 78 valence electrons. The van der Waals surface area contributed by atoms with Crippen molar-refractivity contribution in [3.8, 4) is 5.75 Å². The molecule has 0 bridgehead atoms. The molecule has 3 heteroatoms. The summed E-state index contributed by atoms with van der Waals surface area (Å²) in [5.74, 6) is 1.64. The Morgan fingerprint density at radius 3 is 2.71 bits per heavy atom. The Hall–Kier alpha value is -0.670. The van der Waals surface area contributed by atoms with Crippen LogP contribution in [0.25, 0.3) is 0 Å². The fraction of sp³-hybridized carbons (Fsp3) is 0.455. The number of thiol groups is 1. The van der Waals surface area contributed by atoms with Gasteiger partial charge < -0.3 is 10.5 Å². The Balaban J connectivity index is 2.76. The summed E-state index contributed by atoms with van der Waals surface area (Å²) in [4.78, 5) is 0. The predicted molar refractivity (Wildman–Crippen MR) is 63.3 cm³/mol. The summed E-state index contributed by atoms with van der Waals surface area (Å²) in [5.41, 5.74) is 8.21. The molecule has 0 fully saturated rings. The molecule has 0 saturated heterocycles. The number of aryl methyl sites for hydroxylation is 1. The predicted octanol–water partition coefficient (Wildman–Crippen LogP) is 1.80. The second-order valence-corrected chi connectivity index (χ2v) is 3.82. The minimum absolute atomic E-state index is 0.131. The van der Waals surface area contributed by atoms with Crippen molar-refractivity contribution in [2.45, 2.75) is 19.4 Å². The van der Waals surface area contributed by atoms with E-state index in [4.69, 9.17) is 10.5 Å². The van der Waals surface area contributed by atoms with Crippen LogP contribution in [-0.2, 0) is 6.42 Å². The third-order valence-corrected chi connectivity index (χ3v) is 2.66. The summed E-state index contributed by atoms with van der Waals surface area (Å²) in [5, 5.41) is 0. The highest BCUT2D eigenvalue weighted by molar-refractivity contribution is 7.80. The highest BCUT2D eigenvalue weighted by atomic mass is 32.1. The van der Waals surface area contributed by atoms with Crippen molar-refractivity contribution in [2.24, 2.45) is 5.73 Å². The molecule has 0 aliphatic heterocycles. The van der Waals surface area contributed by atoms with Crippen molar-refractivity contribution in [1.29, 1.82) is 0 Å². The number of hydrogen-bond donors (Lipinski definition) is 2. The summed E-state index contributed by atoms with van der Waals surface area (Å²) >= 11 is 4.16. The molecule has 0 unspecified atom stereocenters. The van der Waals surface area contributed by atoms with E-state index in [-0.39, 0.29) is 6.04 Å². The molecule has 2 N–H and O–H groups in total. The lowest BCUT2D eigenvalue weighted by Gasteiger charge is -2.10. The second kappa shape index (κ2) is 5.27. The van der Waals surface area contributed by atoms with Crippen LogP contribution in [0.3, 0.4) is 0 Å². The van der Waals surface area contributed by atoms with Crippen LogP contribution in [-0.4, -0.2) is 18.9 Å². The van der Waals surface area contributed by atoms with Gasteiger partial charge in [0.05, 0.1) is 7.11 Å². The van der Waals surface area contributed by atoms with Gasteiger partial charge in [0, 0.05) is 11.8 Å². The van der Waals surface area contributed by atoms with Gasteiger partial charge in [-0.15, -0.1) is 0 Å². The molecular formula is C11H17NOS. The maximum absolute atomic E-state index is 5.82. The van der Waals surface area contributed by atoms with Gasteiger partial charge in [-0.05, 0) is 30.5 Å². The van der Waals surface area contributed by atoms with Crippen LogP contribution >= 0.6 is 12.6 Å². The van der Waals surface area contributed by atoms with Crippen molar-refractivity contribution in [3.05, 3.63) is 29.3 Å². The molecule has 0 aromatic heterocycles. The molecule has 2 nitrogen and oxygen atoms in total. The fourth-order valence-corrected chi connectivity index (χ4v) is 1.56. The van der Waals surface area contributed by atoms with E-state index in [0.29, 0.717) is 5.75 Å². The van der Waals surface area contributed by atoms with Gasteiger partial charge in [0.15, 0.2) is 0 Å². The van der Waals surface area contributed by atoms with Gasteiger partial charge in [0.25, 0.3) is 0 Å². The Morgan fingerprint density at radius 2 is 2.21 bits per heavy atom. The Labute approximate surface area is 90.9 Å². The summed E-state index contributed by atoms with van der Waals surface area (Å²) in [6.07, 6.45) is 0.869. The van der Waals surface area contributed by atoms with E-state index in [0.717, 1.165) is 17.7 Å². The molecule has 0 amide bonds. The van der Waals surface area contributed by atoms with Gasteiger partial charge in [0.1, 0.15) is 5.75 Å². The van der Waals surface area contributed by atoms with Crippen LogP contribution in [0.4, 0.5) is 0 Å². The lowest BCUT2D eigenvalue weighted by atomic mass is 10.0. The van der Waals surface area contributed by atoms with E-state index >= 15 is 0 Å². The van der Waals surface area contributed by atoms with Crippen LogP contribution in [0, 0.1) is 6.92 Å². The largest absolute Gasteiger partial charge is 0.496 e.